The van der Waals surface area contributed by atoms with Gasteiger partial charge in [-0.25, -0.2) is 4.98 Å². The van der Waals surface area contributed by atoms with Crippen molar-refractivity contribution in [3.63, 3.8) is 0 Å². The third-order valence-electron chi connectivity index (χ3n) is 3.83. The molecule has 3 rings (SSSR count). The summed E-state index contributed by atoms with van der Waals surface area (Å²) in [7, 11) is 0. The Kier molecular flexibility index (Phi) is 4.73. The maximum Gasteiger partial charge on any atom is 0.257 e. The Morgan fingerprint density at radius 3 is 2.45 bits per heavy atom. The first-order valence-electron chi connectivity index (χ1n) is 7.50. The molecule has 0 atom stereocenters. The van der Waals surface area contributed by atoms with Gasteiger partial charge in [0.15, 0.2) is 0 Å². The molecule has 0 radical (unpaired) electrons. The Morgan fingerprint density at radius 2 is 1.82 bits per heavy atom. The van der Waals surface area contributed by atoms with Gasteiger partial charge in [0.1, 0.15) is 5.82 Å². The lowest BCUT2D eigenvalue weighted by Gasteiger charge is -2.12. The molecular formula is C17H18BrN3O. The molecule has 1 aromatic heterocycles. The SMILES string of the molecule is O=C(Nc1ccc(Br)cc1)c1ccc(NC2CCCC2)nc1. The summed E-state index contributed by atoms with van der Waals surface area (Å²) < 4.78 is 0.981. The van der Waals surface area contributed by atoms with Gasteiger partial charge in [0.25, 0.3) is 5.91 Å². The fraction of sp³-hybridized carbons (Fsp3) is 0.294. The minimum Gasteiger partial charge on any atom is -0.367 e. The third-order valence-corrected chi connectivity index (χ3v) is 4.36. The molecule has 1 aliphatic carbocycles. The van der Waals surface area contributed by atoms with Crippen molar-refractivity contribution in [2.45, 2.75) is 31.7 Å². The molecule has 1 fully saturated rings. The first kappa shape index (κ1) is 15.0. The maximum absolute atomic E-state index is 12.2. The number of nitrogens with zero attached hydrogens (tertiary/aromatic N) is 1. The zero-order valence-electron chi connectivity index (χ0n) is 12.2. The van der Waals surface area contributed by atoms with Crippen molar-refractivity contribution >= 4 is 33.3 Å². The fourth-order valence-corrected chi connectivity index (χ4v) is 2.89. The highest BCUT2D eigenvalue weighted by atomic mass is 79.9. The Hall–Kier alpha value is -1.88. The summed E-state index contributed by atoms with van der Waals surface area (Å²) in [5, 5.41) is 6.27. The Bertz CT molecular complexity index is 634. The van der Waals surface area contributed by atoms with E-state index in [2.05, 4.69) is 31.5 Å². The quantitative estimate of drug-likeness (QED) is 0.847. The highest BCUT2D eigenvalue weighted by Gasteiger charge is 2.15. The molecule has 0 bridgehead atoms. The van der Waals surface area contributed by atoms with Crippen LogP contribution in [0.2, 0.25) is 0 Å². The fourth-order valence-electron chi connectivity index (χ4n) is 2.63. The monoisotopic (exact) mass is 359 g/mol. The van der Waals surface area contributed by atoms with E-state index >= 15 is 0 Å². The topological polar surface area (TPSA) is 54.0 Å². The lowest BCUT2D eigenvalue weighted by Crippen LogP contribution is -2.16. The summed E-state index contributed by atoms with van der Waals surface area (Å²) in [4.78, 5) is 16.5. The minimum absolute atomic E-state index is 0.151. The molecular weight excluding hydrogens is 342 g/mol. The van der Waals surface area contributed by atoms with Crippen molar-refractivity contribution in [2.75, 3.05) is 10.6 Å². The third kappa shape index (κ3) is 3.85. The molecule has 1 saturated carbocycles. The number of pyridine rings is 1. The molecule has 0 saturated heterocycles. The van der Waals surface area contributed by atoms with Crippen LogP contribution in [0.25, 0.3) is 0 Å². The number of nitrogens with one attached hydrogen (secondary N) is 2. The largest absolute Gasteiger partial charge is 0.367 e. The smallest absolute Gasteiger partial charge is 0.257 e. The molecule has 0 spiro atoms. The standard InChI is InChI=1S/C17H18BrN3O/c18-13-6-8-15(9-7-13)21-17(22)12-5-10-16(19-11-12)20-14-3-1-2-4-14/h5-11,14H,1-4H2,(H,19,20)(H,21,22). The van der Waals surface area contributed by atoms with E-state index in [0.717, 1.165) is 16.0 Å². The van der Waals surface area contributed by atoms with Crippen LogP contribution in [0, 0.1) is 0 Å². The zero-order chi connectivity index (χ0) is 15.4. The molecule has 22 heavy (non-hydrogen) atoms. The zero-order valence-corrected chi connectivity index (χ0v) is 13.8. The highest BCUT2D eigenvalue weighted by molar-refractivity contribution is 9.10. The maximum atomic E-state index is 12.2. The minimum atomic E-state index is -0.151. The second-order valence-corrected chi connectivity index (χ2v) is 6.43. The van der Waals surface area contributed by atoms with Crippen molar-refractivity contribution in [2.24, 2.45) is 0 Å². The van der Waals surface area contributed by atoms with Gasteiger partial charge in [0, 0.05) is 22.4 Å². The number of rotatable bonds is 4. The molecule has 4 nitrogen and oxygen atoms in total. The van der Waals surface area contributed by atoms with Gasteiger partial charge < -0.3 is 10.6 Å². The molecule has 2 aromatic rings. The number of amides is 1. The van der Waals surface area contributed by atoms with E-state index in [1.54, 1.807) is 12.3 Å². The van der Waals surface area contributed by atoms with Crippen LogP contribution >= 0.6 is 15.9 Å². The Balaban J connectivity index is 1.61. The normalized spacial score (nSPS) is 14.8. The number of anilines is 2. The molecule has 5 heteroatoms. The summed E-state index contributed by atoms with van der Waals surface area (Å²) in [6.45, 7) is 0. The summed E-state index contributed by atoms with van der Waals surface area (Å²) in [6, 6.07) is 11.7. The van der Waals surface area contributed by atoms with Crippen molar-refractivity contribution in [3.05, 3.63) is 52.6 Å². The number of aromatic nitrogens is 1. The summed E-state index contributed by atoms with van der Waals surface area (Å²) in [5.41, 5.74) is 1.32. The van der Waals surface area contributed by atoms with Gasteiger partial charge in [-0.05, 0) is 49.2 Å². The second kappa shape index (κ2) is 6.92. The van der Waals surface area contributed by atoms with Crippen LogP contribution in [0.1, 0.15) is 36.0 Å². The Morgan fingerprint density at radius 1 is 1.09 bits per heavy atom. The van der Waals surface area contributed by atoms with E-state index < -0.39 is 0 Å². The van der Waals surface area contributed by atoms with Gasteiger partial charge in [-0.15, -0.1) is 0 Å². The molecule has 1 amide bonds. The molecule has 1 aromatic carbocycles. The van der Waals surface area contributed by atoms with Crippen LogP contribution in [-0.4, -0.2) is 16.9 Å². The average Bonchev–Trinajstić information content (AvgIpc) is 3.03. The second-order valence-electron chi connectivity index (χ2n) is 5.52. The number of hydrogen-bond donors (Lipinski definition) is 2. The van der Waals surface area contributed by atoms with Crippen LogP contribution in [0.3, 0.4) is 0 Å². The van der Waals surface area contributed by atoms with Crippen LogP contribution in [-0.2, 0) is 0 Å². The number of carbonyl (C=O) groups is 1. The lowest BCUT2D eigenvalue weighted by atomic mass is 10.2. The number of hydrogen-bond acceptors (Lipinski definition) is 3. The summed E-state index contributed by atoms with van der Waals surface area (Å²) in [5.74, 6) is 0.689. The predicted molar refractivity (Wildman–Crippen MR) is 92.2 cm³/mol. The van der Waals surface area contributed by atoms with Gasteiger partial charge in [-0.2, -0.15) is 0 Å². The molecule has 2 N–H and O–H groups in total. The van der Waals surface area contributed by atoms with E-state index in [1.165, 1.54) is 25.7 Å². The summed E-state index contributed by atoms with van der Waals surface area (Å²) in [6.07, 6.45) is 6.59. The van der Waals surface area contributed by atoms with Crippen LogP contribution in [0.5, 0.6) is 0 Å². The van der Waals surface area contributed by atoms with E-state index in [9.17, 15) is 4.79 Å². The van der Waals surface area contributed by atoms with Gasteiger partial charge in [-0.1, -0.05) is 28.8 Å². The number of carbonyl (C=O) groups excluding carboxylic acids is 1. The highest BCUT2D eigenvalue weighted by Crippen LogP contribution is 2.21. The van der Waals surface area contributed by atoms with Gasteiger partial charge in [0.2, 0.25) is 0 Å². The van der Waals surface area contributed by atoms with Crippen LogP contribution < -0.4 is 10.6 Å². The molecule has 1 heterocycles. The van der Waals surface area contributed by atoms with Crippen molar-refractivity contribution in [1.29, 1.82) is 0 Å². The first-order chi connectivity index (χ1) is 10.7. The van der Waals surface area contributed by atoms with Crippen molar-refractivity contribution in [1.82, 2.24) is 4.98 Å². The lowest BCUT2D eigenvalue weighted by molar-refractivity contribution is 0.102. The summed E-state index contributed by atoms with van der Waals surface area (Å²) >= 11 is 3.37. The predicted octanol–water partition coefficient (Wildman–Crippen LogP) is 4.45. The number of halogens is 1. The van der Waals surface area contributed by atoms with Gasteiger partial charge >= 0.3 is 0 Å². The van der Waals surface area contributed by atoms with Gasteiger partial charge in [0.05, 0.1) is 5.56 Å². The van der Waals surface area contributed by atoms with E-state index in [-0.39, 0.29) is 5.91 Å². The van der Waals surface area contributed by atoms with E-state index in [1.807, 2.05) is 30.3 Å². The van der Waals surface area contributed by atoms with E-state index in [0.29, 0.717) is 11.6 Å². The first-order valence-corrected chi connectivity index (χ1v) is 8.29. The number of benzene rings is 1. The Labute approximate surface area is 138 Å². The van der Waals surface area contributed by atoms with E-state index in [4.69, 9.17) is 0 Å². The average molecular weight is 360 g/mol. The molecule has 114 valence electrons. The molecule has 0 unspecified atom stereocenters. The molecule has 1 aliphatic rings. The van der Waals surface area contributed by atoms with Crippen molar-refractivity contribution in [3.8, 4) is 0 Å². The van der Waals surface area contributed by atoms with Gasteiger partial charge in [-0.3, -0.25) is 4.79 Å². The molecule has 0 aliphatic heterocycles. The van der Waals surface area contributed by atoms with Crippen molar-refractivity contribution < 1.29 is 4.79 Å². The van der Waals surface area contributed by atoms with Crippen LogP contribution in [0.4, 0.5) is 11.5 Å². The van der Waals surface area contributed by atoms with Crippen LogP contribution in [0.15, 0.2) is 47.1 Å².